The minimum absolute atomic E-state index is 0.463. The van der Waals surface area contributed by atoms with Crippen molar-refractivity contribution in [1.82, 2.24) is 15.5 Å². The molecule has 0 radical (unpaired) electrons. The van der Waals surface area contributed by atoms with Crippen LogP contribution in [0.2, 0.25) is 0 Å². The molecule has 28 heavy (non-hydrogen) atoms. The third kappa shape index (κ3) is 6.89. The van der Waals surface area contributed by atoms with Crippen molar-refractivity contribution in [2.24, 2.45) is 16.8 Å². The molecule has 2 N–H and O–H groups in total. The topological polar surface area (TPSA) is 58.1 Å². The molecule has 2 aliphatic heterocycles. The van der Waals surface area contributed by atoms with Gasteiger partial charge in [0.25, 0.3) is 0 Å². The van der Waals surface area contributed by atoms with E-state index in [1.165, 1.54) is 44.9 Å². The molecule has 0 aromatic rings. The maximum Gasteiger partial charge on any atom is 0.191 e. The van der Waals surface area contributed by atoms with Gasteiger partial charge >= 0.3 is 0 Å². The summed E-state index contributed by atoms with van der Waals surface area (Å²) in [5.41, 5.74) is 0. The van der Waals surface area contributed by atoms with Crippen LogP contribution in [0, 0.1) is 11.8 Å². The normalized spacial score (nSPS) is 27.5. The molecule has 2 saturated heterocycles. The Hall–Kier alpha value is -0.850. The van der Waals surface area contributed by atoms with E-state index in [1.54, 1.807) is 0 Å². The number of hydrogen-bond donors (Lipinski definition) is 2. The van der Waals surface area contributed by atoms with Crippen LogP contribution in [0.3, 0.4) is 0 Å². The molecule has 1 saturated carbocycles. The van der Waals surface area contributed by atoms with E-state index in [1.807, 2.05) is 7.05 Å². The summed E-state index contributed by atoms with van der Waals surface area (Å²) in [6.07, 6.45) is 10.9. The molecule has 0 aromatic heterocycles. The highest BCUT2D eigenvalue weighted by molar-refractivity contribution is 5.79. The summed E-state index contributed by atoms with van der Waals surface area (Å²) in [6.45, 7) is 8.72. The molecule has 0 spiro atoms. The minimum atomic E-state index is 0.463. The van der Waals surface area contributed by atoms with E-state index in [4.69, 9.17) is 9.47 Å². The van der Waals surface area contributed by atoms with E-state index in [0.29, 0.717) is 18.0 Å². The molecule has 3 unspecified atom stereocenters. The highest BCUT2D eigenvalue weighted by Gasteiger charge is 2.31. The van der Waals surface area contributed by atoms with Gasteiger partial charge in [0.05, 0.1) is 19.8 Å². The Balaban J connectivity index is 1.43. The maximum atomic E-state index is 5.68. The van der Waals surface area contributed by atoms with Gasteiger partial charge in [-0.3, -0.25) is 9.89 Å². The van der Waals surface area contributed by atoms with Gasteiger partial charge in [-0.15, -0.1) is 0 Å². The van der Waals surface area contributed by atoms with Crippen molar-refractivity contribution in [3.05, 3.63) is 0 Å². The molecule has 2 heterocycles. The Morgan fingerprint density at radius 2 is 1.86 bits per heavy atom. The van der Waals surface area contributed by atoms with Crippen molar-refractivity contribution in [2.75, 3.05) is 53.1 Å². The van der Waals surface area contributed by atoms with Crippen LogP contribution in [-0.4, -0.2) is 76.1 Å². The number of hydrogen-bond acceptors (Lipinski definition) is 4. The van der Waals surface area contributed by atoms with Crippen molar-refractivity contribution in [3.63, 3.8) is 0 Å². The van der Waals surface area contributed by atoms with Crippen molar-refractivity contribution in [3.8, 4) is 0 Å². The second-order valence-corrected chi connectivity index (χ2v) is 8.92. The van der Waals surface area contributed by atoms with Crippen molar-refractivity contribution in [2.45, 2.75) is 70.4 Å². The number of ether oxygens (including phenoxy) is 2. The first kappa shape index (κ1) is 21.8. The van der Waals surface area contributed by atoms with Gasteiger partial charge in [0.2, 0.25) is 0 Å². The molecule has 0 bridgehead atoms. The van der Waals surface area contributed by atoms with Crippen molar-refractivity contribution >= 4 is 5.96 Å². The molecular formula is C22H42N4O2. The smallest absolute Gasteiger partial charge is 0.191 e. The molecule has 6 nitrogen and oxygen atoms in total. The number of morpholine rings is 1. The first-order valence-electron chi connectivity index (χ1n) is 11.6. The van der Waals surface area contributed by atoms with Gasteiger partial charge in [-0.2, -0.15) is 0 Å². The van der Waals surface area contributed by atoms with Gasteiger partial charge in [0.1, 0.15) is 0 Å². The Morgan fingerprint density at radius 1 is 1.07 bits per heavy atom. The highest BCUT2D eigenvalue weighted by Crippen LogP contribution is 2.27. The van der Waals surface area contributed by atoms with Gasteiger partial charge < -0.3 is 20.1 Å². The van der Waals surface area contributed by atoms with Gasteiger partial charge in [0, 0.05) is 51.3 Å². The molecule has 6 heteroatoms. The SMILES string of the molecule is CN=C(NCC(C1CCOC1)N1CCOCC1)NC(C)CCC1CCCCC1. The Bertz CT molecular complexity index is 455. The first-order chi connectivity index (χ1) is 13.8. The molecule has 162 valence electrons. The average molecular weight is 395 g/mol. The van der Waals surface area contributed by atoms with Crippen LogP contribution in [0.4, 0.5) is 0 Å². The number of nitrogens with one attached hydrogen (secondary N) is 2. The average Bonchev–Trinajstić information content (AvgIpc) is 3.27. The molecular weight excluding hydrogens is 352 g/mol. The number of guanidine groups is 1. The summed E-state index contributed by atoms with van der Waals surface area (Å²) in [6, 6.07) is 0.951. The fourth-order valence-corrected chi connectivity index (χ4v) is 5.02. The number of nitrogens with zero attached hydrogens (tertiary/aromatic N) is 2. The first-order valence-corrected chi connectivity index (χ1v) is 11.6. The van der Waals surface area contributed by atoms with Gasteiger partial charge in [-0.25, -0.2) is 0 Å². The maximum absolute atomic E-state index is 5.68. The molecule has 3 rings (SSSR count). The van der Waals surface area contributed by atoms with Gasteiger partial charge in [0.15, 0.2) is 5.96 Å². The lowest BCUT2D eigenvalue weighted by Crippen LogP contribution is -2.54. The number of aliphatic imine (C=N–C) groups is 1. The van der Waals surface area contributed by atoms with Gasteiger partial charge in [-0.05, 0) is 32.1 Å². The highest BCUT2D eigenvalue weighted by atomic mass is 16.5. The summed E-state index contributed by atoms with van der Waals surface area (Å²) in [5, 5.41) is 7.23. The van der Waals surface area contributed by atoms with E-state index in [-0.39, 0.29) is 0 Å². The largest absolute Gasteiger partial charge is 0.381 e. The van der Waals surface area contributed by atoms with Crippen LogP contribution >= 0.6 is 0 Å². The lowest BCUT2D eigenvalue weighted by molar-refractivity contribution is 0.00246. The van der Waals surface area contributed by atoms with Crippen molar-refractivity contribution < 1.29 is 9.47 Å². The van der Waals surface area contributed by atoms with Gasteiger partial charge in [-0.1, -0.05) is 32.1 Å². The second kappa shape index (κ2) is 12.0. The van der Waals surface area contributed by atoms with Crippen LogP contribution in [0.5, 0.6) is 0 Å². The van der Waals surface area contributed by atoms with Crippen LogP contribution in [0.25, 0.3) is 0 Å². The van der Waals surface area contributed by atoms with E-state index < -0.39 is 0 Å². The third-order valence-electron chi connectivity index (χ3n) is 6.84. The summed E-state index contributed by atoms with van der Waals surface area (Å²) in [7, 11) is 1.88. The lowest BCUT2D eigenvalue weighted by atomic mass is 9.85. The van der Waals surface area contributed by atoms with E-state index in [2.05, 4.69) is 27.4 Å². The summed E-state index contributed by atoms with van der Waals surface area (Å²) in [5.74, 6) is 2.49. The predicted octanol–water partition coefficient (Wildman–Crippen LogP) is 2.64. The lowest BCUT2D eigenvalue weighted by Gasteiger charge is -2.37. The van der Waals surface area contributed by atoms with E-state index in [9.17, 15) is 0 Å². The Morgan fingerprint density at radius 3 is 2.54 bits per heavy atom. The Kier molecular flexibility index (Phi) is 9.35. The molecule has 0 amide bonds. The van der Waals surface area contributed by atoms with E-state index >= 15 is 0 Å². The van der Waals surface area contributed by atoms with Crippen LogP contribution in [0.1, 0.15) is 58.3 Å². The molecule has 3 fully saturated rings. The zero-order chi connectivity index (χ0) is 19.6. The summed E-state index contributed by atoms with van der Waals surface area (Å²) in [4.78, 5) is 7.07. The monoisotopic (exact) mass is 394 g/mol. The van der Waals surface area contributed by atoms with Crippen LogP contribution in [-0.2, 0) is 9.47 Å². The minimum Gasteiger partial charge on any atom is -0.381 e. The van der Waals surface area contributed by atoms with E-state index in [0.717, 1.165) is 64.4 Å². The second-order valence-electron chi connectivity index (χ2n) is 8.92. The third-order valence-corrected chi connectivity index (χ3v) is 6.84. The van der Waals surface area contributed by atoms with Crippen molar-refractivity contribution in [1.29, 1.82) is 0 Å². The van der Waals surface area contributed by atoms with Crippen LogP contribution < -0.4 is 10.6 Å². The molecule has 1 aliphatic carbocycles. The fraction of sp³-hybridized carbons (Fsp3) is 0.955. The fourth-order valence-electron chi connectivity index (χ4n) is 5.02. The summed E-state index contributed by atoms with van der Waals surface area (Å²) < 4.78 is 11.2. The molecule has 3 atom stereocenters. The standard InChI is InChI=1S/C22H42N4O2/c1-18(8-9-19-6-4-3-5-7-19)25-22(23-2)24-16-21(20-10-13-28-17-20)26-11-14-27-15-12-26/h18-21H,3-17H2,1-2H3,(H2,23,24,25). The summed E-state index contributed by atoms with van der Waals surface area (Å²) >= 11 is 0. The quantitative estimate of drug-likeness (QED) is 0.490. The van der Waals surface area contributed by atoms with Crippen LogP contribution in [0.15, 0.2) is 4.99 Å². The number of rotatable bonds is 8. The molecule has 3 aliphatic rings. The Labute approximate surface area is 171 Å². The zero-order valence-electron chi connectivity index (χ0n) is 18.1. The zero-order valence-corrected chi connectivity index (χ0v) is 18.1. The predicted molar refractivity (Wildman–Crippen MR) is 115 cm³/mol. The molecule has 0 aromatic carbocycles.